The molecule has 0 aromatic heterocycles. The number of ether oxygens (including phenoxy) is 1. The molecule has 0 aromatic rings. The molecule has 2 N–H and O–H groups in total. The number of carbonyl (C=O) groups is 1. The van der Waals surface area contributed by atoms with Gasteiger partial charge in [0.05, 0.1) is 7.11 Å². The third-order valence-corrected chi connectivity index (χ3v) is 2.41. The van der Waals surface area contributed by atoms with Gasteiger partial charge in [-0.15, -0.1) is 11.8 Å². The number of carbonyl (C=O) groups excluding carboxylic acids is 1. The van der Waals surface area contributed by atoms with Crippen LogP contribution in [0.3, 0.4) is 0 Å². The lowest BCUT2D eigenvalue weighted by Crippen LogP contribution is -2.43. The van der Waals surface area contributed by atoms with Crippen LogP contribution in [0.15, 0.2) is 11.5 Å². The maximum atomic E-state index is 10.9. The fraction of sp³-hybridized carbons (Fsp3) is 0.500. The predicted octanol–water partition coefficient (Wildman–Crippen LogP) is 0.465. The number of thioether (sulfide) groups is 1. The molecular formula is C6H9NO2S. The summed E-state index contributed by atoms with van der Waals surface area (Å²) in [5, 5.41) is 1.82. The van der Waals surface area contributed by atoms with Gasteiger partial charge in [0.2, 0.25) is 0 Å². The molecule has 1 aliphatic heterocycles. The molecule has 0 unspecified atom stereocenters. The highest BCUT2D eigenvalue weighted by Crippen LogP contribution is 2.32. The average molecular weight is 159 g/mol. The van der Waals surface area contributed by atoms with Gasteiger partial charge in [-0.05, 0) is 5.41 Å². The van der Waals surface area contributed by atoms with Crippen molar-refractivity contribution in [2.24, 2.45) is 5.73 Å². The molecular weight excluding hydrogens is 150 g/mol. The third kappa shape index (κ3) is 1.17. The molecule has 0 saturated heterocycles. The van der Waals surface area contributed by atoms with Gasteiger partial charge in [-0.1, -0.05) is 6.08 Å². The highest BCUT2D eigenvalue weighted by atomic mass is 32.2. The first-order valence-corrected chi connectivity index (χ1v) is 3.77. The van der Waals surface area contributed by atoms with E-state index in [1.54, 1.807) is 0 Å². The van der Waals surface area contributed by atoms with Gasteiger partial charge >= 0.3 is 5.97 Å². The van der Waals surface area contributed by atoms with Gasteiger partial charge in [0.25, 0.3) is 0 Å². The van der Waals surface area contributed by atoms with Crippen molar-refractivity contribution in [1.82, 2.24) is 0 Å². The summed E-state index contributed by atoms with van der Waals surface area (Å²) in [4.78, 5) is 10.1. The Bertz CT molecular complexity index is 171. The van der Waals surface area contributed by atoms with Gasteiger partial charge < -0.3 is 10.5 Å². The number of rotatable bonds is 1. The summed E-state index contributed by atoms with van der Waals surface area (Å²) in [5.41, 5.74) is 5.64. The highest BCUT2D eigenvalue weighted by Gasteiger charge is 2.36. The van der Waals surface area contributed by atoms with E-state index < -0.39 is 4.87 Å². The van der Waals surface area contributed by atoms with E-state index in [0.29, 0.717) is 6.42 Å². The molecule has 0 aliphatic carbocycles. The van der Waals surface area contributed by atoms with E-state index in [0.717, 1.165) is 0 Å². The lowest BCUT2D eigenvalue weighted by Gasteiger charge is -2.18. The summed E-state index contributed by atoms with van der Waals surface area (Å²) < 4.78 is 4.51. The molecule has 1 aliphatic rings. The minimum atomic E-state index is -0.852. The van der Waals surface area contributed by atoms with Gasteiger partial charge in [0.15, 0.2) is 4.87 Å². The van der Waals surface area contributed by atoms with Crippen molar-refractivity contribution < 1.29 is 9.53 Å². The number of hydrogen-bond donors (Lipinski definition) is 1. The van der Waals surface area contributed by atoms with Crippen molar-refractivity contribution >= 4 is 17.7 Å². The predicted molar refractivity (Wildman–Crippen MR) is 40.3 cm³/mol. The summed E-state index contributed by atoms with van der Waals surface area (Å²) in [5.74, 6) is -0.359. The van der Waals surface area contributed by atoms with Crippen LogP contribution in [0.25, 0.3) is 0 Å². The molecule has 0 bridgehead atoms. The van der Waals surface area contributed by atoms with E-state index in [4.69, 9.17) is 5.73 Å². The van der Waals surface area contributed by atoms with Gasteiger partial charge in [-0.3, -0.25) is 0 Å². The zero-order chi connectivity index (χ0) is 7.61. The standard InChI is InChI=1S/C6H9NO2S/c1-9-5(8)6(7)3-2-4-10-6/h2,4H,3,7H2,1H3/t6-/m1/s1. The Balaban J connectivity index is 2.61. The monoisotopic (exact) mass is 159 g/mol. The van der Waals surface area contributed by atoms with E-state index >= 15 is 0 Å². The number of methoxy groups -OCH3 is 1. The van der Waals surface area contributed by atoms with Crippen LogP contribution in [0.2, 0.25) is 0 Å². The third-order valence-electron chi connectivity index (χ3n) is 1.33. The molecule has 1 rings (SSSR count). The topological polar surface area (TPSA) is 52.3 Å². The van der Waals surface area contributed by atoms with Gasteiger partial charge in [-0.2, -0.15) is 0 Å². The van der Waals surface area contributed by atoms with Crippen LogP contribution < -0.4 is 5.73 Å². The van der Waals surface area contributed by atoms with Crippen LogP contribution in [-0.4, -0.2) is 18.0 Å². The molecule has 56 valence electrons. The summed E-state index contributed by atoms with van der Waals surface area (Å²) in [6.07, 6.45) is 2.42. The fourth-order valence-corrected chi connectivity index (χ4v) is 1.55. The van der Waals surface area contributed by atoms with Crippen LogP contribution >= 0.6 is 11.8 Å². The Labute approximate surface area is 63.6 Å². The van der Waals surface area contributed by atoms with Gasteiger partial charge in [0, 0.05) is 6.42 Å². The Morgan fingerprint density at radius 3 is 3.00 bits per heavy atom. The van der Waals surface area contributed by atoms with Crippen molar-refractivity contribution in [3.05, 3.63) is 11.5 Å². The first-order chi connectivity index (χ1) is 4.69. The Hall–Kier alpha value is -0.480. The van der Waals surface area contributed by atoms with Crippen molar-refractivity contribution in [3.63, 3.8) is 0 Å². The molecule has 0 radical (unpaired) electrons. The van der Waals surface area contributed by atoms with Crippen LogP contribution in [0.5, 0.6) is 0 Å². The zero-order valence-corrected chi connectivity index (χ0v) is 6.48. The number of nitrogens with two attached hydrogens (primary N) is 1. The highest BCUT2D eigenvalue weighted by molar-refractivity contribution is 8.04. The van der Waals surface area contributed by atoms with Crippen molar-refractivity contribution in [2.75, 3.05) is 7.11 Å². The molecule has 10 heavy (non-hydrogen) atoms. The van der Waals surface area contributed by atoms with Crippen LogP contribution in [-0.2, 0) is 9.53 Å². The summed E-state index contributed by atoms with van der Waals surface area (Å²) >= 11 is 1.30. The van der Waals surface area contributed by atoms with E-state index in [9.17, 15) is 4.79 Å². The lowest BCUT2D eigenvalue weighted by atomic mass is 10.2. The number of esters is 1. The van der Waals surface area contributed by atoms with E-state index in [2.05, 4.69) is 4.74 Å². The van der Waals surface area contributed by atoms with Crippen LogP contribution in [0.1, 0.15) is 6.42 Å². The van der Waals surface area contributed by atoms with Crippen molar-refractivity contribution in [3.8, 4) is 0 Å². The molecule has 0 saturated carbocycles. The quantitative estimate of drug-likeness (QED) is 0.565. The van der Waals surface area contributed by atoms with Crippen LogP contribution in [0, 0.1) is 0 Å². The molecule has 0 spiro atoms. The van der Waals surface area contributed by atoms with Crippen LogP contribution in [0.4, 0.5) is 0 Å². The molecule has 4 heteroatoms. The summed E-state index contributed by atoms with van der Waals surface area (Å²) in [7, 11) is 1.34. The minimum absolute atomic E-state index is 0.359. The molecule has 3 nitrogen and oxygen atoms in total. The second kappa shape index (κ2) is 2.64. The molecule has 0 amide bonds. The molecule has 1 heterocycles. The van der Waals surface area contributed by atoms with E-state index in [1.165, 1.54) is 18.9 Å². The first-order valence-electron chi connectivity index (χ1n) is 2.89. The molecule has 1 atom stereocenters. The van der Waals surface area contributed by atoms with Gasteiger partial charge in [-0.25, -0.2) is 4.79 Å². The lowest BCUT2D eigenvalue weighted by molar-refractivity contribution is -0.143. The second-order valence-electron chi connectivity index (χ2n) is 2.07. The maximum absolute atomic E-state index is 10.9. The molecule has 0 aromatic carbocycles. The SMILES string of the molecule is COC(=O)[C@@]1(N)CC=CS1. The van der Waals surface area contributed by atoms with Crippen molar-refractivity contribution in [2.45, 2.75) is 11.3 Å². The smallest absolute Gasteiger partial charge is 0.337 e. The Morgan fingerprint density at radius 2 is 2.60 bits per heavy atom. The average Bonchev–Trinajstić information content (AvgIpc) is 2.36. The largest absolute Gasteiger partial charge is 0.467 e. The summed E-state index contributed by atoms with van der Waals surface area (Å²) in [6, 6.07) is 0. The van der Waals surface area contributed by atoms with E-state index in [1.807, 2.05) is 11.5 Å². The summed E-state index contributed by atoms with van der Waals surface area (Å²) in [6.45, 7) is 0. The van der Waals surface area contributed by atoms with Gasteiger partial charge in [0.1, 0.15) is 0 Å². The Kier molecular flexibility index (Phi) is 2.01. The number of hydrogen-bond acceptors (Lipinski definition) is 4. The van der Waals surface area contributed by atoms with E-state index in [-0.39, 0.29) is 5.97 Å². The maximum Gasteiger partial charge on any atom is 0.337 e. The first kappa shape index (κ1) is 7.63. The normalized spacial score (nSPS) is 30.6. The zero-order valence-electron chi connectivity index (χ0n) is 5.66. The minimum Gasteiger partial charge on any atom is -0.467 e. The Morgan fingerprint density at radius 1 is 1.90 bits per heavy atom. The van der Waals surface area contributed by atoms with Crippen molar-refractivity contribution in [1.29, 1.82) is 0 Å². The molecule has 0 fully saturated rings. The fourth-order valence-electron chi connectivity index (χ4n) is 0.745. The second-order valence-corrected chi connectivity index (χ2v) is 3.31.